The van der Waals surface area contributed by atoms with Gasteiger partial charge in [-0.05, 0) is 18.6 Å². The van der Waals surface area contributed by atoms with Crippen molar-refractivity contribution in [3.8, 4) is 24.2 Å². The summed E-state index contributed by atoms with van der Waals surface area (Å²) in [4.78, 5) is 0. The molecule has 0 amide bonds. The number of methoxy groups -OCH3 is 1. The van der Waals surface area contributed by atoms with Crippen molar-refractivity contribution in [2.75, 3.05) is 19.0 Å². The molecule has 0 spiro atoms. The van der Waals surface area contributed by atoms with Crippen LogP contribution in [-0.4, -0.2) is 13.7 Å². The van der Waals surface area contributed by atoms with Crippen molar-refractivity contribution in [3.05, 3.63) is 23.8 Å². The van der Waals surface area contributed by atoms with Crippen molar-refractivity contribution in [2.24, 2.45) is 0 Å². The maximum Gasteiger partial charge on any atom is 0.143 e. The first-order valence-corrected chi connectivity index (χ1v) is 5.08. The van der Waals surface area contributed by atoms with Crippen molar-refractivity contribution >= 4 is 5.69 Å². The Kier molecular flexibility index (Phi) is 4.76. The lowest BCUT2D eigenvalue weighted by molar-refractivity contribution is 0.416. The highest BCUT2D eigenvalue weighted by Crippen LogP contribution is 2.27. The fraction of sp³-hybridized carbons (Fsp3) is 0.308. The number of nitrogens with one attached hydrogen (secondary N) is 1. The van der Waals surface area contributed by atoms with E-state index in [1.807, 2.05) is 6.07 Å². The van der Waals surface area contributed by atoms with Crippen LogP contribution in [0.5, 0.6) is 5.75 Å². The Balaban J connectivity index is 2.77. The summed E-state index contributed by atoms with van der Waals surface area (Å²) in [5.41, 5.74) is 1.32. The zero-order valence-corrected chi connectivity index (χ0v) is 9.29. The van der Waals surface area contributed by atoms with Crippen molar-refractivity contribution in [1.82, 2.24) is 0 Å². The van der Waals surface area contributed by atoms with Gasteiger partial charge in [0.1, 0.15) is 11.8 Å². The molecule has 1 aromatic carbocycles. The van der Waals surface area contributed by atoms with Gasteiger partial charge in [0.05, 0.1) is 18.4 Å². The molecule has 1 rings (SSSR count). The number of para-hydroxylation sites is 1. The summed E-state index contributed by atoms with van der Waals surface area (Å²) in [6.45, 7) is 0.735. The molecule has 0 radical (unpaired) electrons. The molecular formula is C13H14N2O. The summed E-state index contributed by atoms with van der Waals surface area (Å²) in [5, 5.41) is 12.1. The molecule has 16 heavy (non-hydrogen) atoms. The van der Waals surface area contributed by atoms with Gasteiger partial charge >= 0.3 is 0 Å². The summed E-state index contributed by atoms with van der Waals surface area (Å²) >= 11 is 0. The van der Waals surface area contributed by atoms with Crippen LogP contribution >= 0.6 is 0 Å². The Bertz CT molecular complexity index is 427. The van der Waals surface area contributed by atoms with E-state index in [2.05, 4.69) is 17.3 Å². The quantitative estimate of drug-likeness (QED) is 0.604. The normalized spacial score (nSPS) is 8.94. The van der Waals surface area contributed by atoms with Gasteiger partial charge in [-0.2, -0.15) is 5.26 Å². The smallest absolute Gasteiger partial charge is 0.143 e. The van der Waals surface area contributed by atoms with Crippen LogP contribution in [0.25, 0.3) is 0 Å². The second-order valence-corrected chi connectivity index (χ2v) is 3.23. The Hall–Kier alpha value is -2.13. The molecule has 3 nitrogen and oxygen atoms in total. The van der Waals surface area contributed by atoms with E-state index in [9.17, 15) is 0 Å². The number of benzene rings is 1. The van der Waals surface area contributed by atoms with Crippen LogP contribution in [0.3, 0.4) is 0 Å². The van der Waals surface area contributed by atoms with E-state index in [-0.39, 0.29) is 0 Å². The summed E-state index contributed by atoms with van der Waals surface area (Å²) in [5.74, 6) is 3.26. The minimum Gasteiger partial charge on any atom is -0.495 e. The zero-order valence-electron chi connectivity index (χ0n) is 9.29. The number of nitriles is 1. The van der Waals surface area contributed by atoms with E-state index in [0.29, 0.717) is 11.3 Å². The predicted molar refractivity (Wildman–Crippen MR) is 64.3 cm³/mol. The molecule has 0 aromatic heterocycles. The molecule has 82 valence electrons. The highest BCUT2D eigenvalue weighted by atomic mass is 16.5. The summed E-state index contributed by atoms with van der Waals surface area (Å²) in [7, 11) is 1.59. The Morgan fingerprint density at radius 1 is 1.50 bits per heavy atom. The molecule has 0 heterocycles. The third-order valence-electron chi connectivity index (χ3n) is 2.17. The number of terminal acetylenes is 1. The minimum absolute atomic E-state index is 0.583. The van der Waals surface area contributed by atoms with Gasteiger partial charge in [-0.1, -0.05) is 6.07 Å². The van der Waals surface area contributed by atoms with E-state index < -0.39 is 0 Å². The third-order valence-corrected chi connectivity index (χ3v) is 2.17. The van der Waals surface area contributed by atoms with Gasteiger partial charge in [0.15, 0.2) is 0 Å². The van der Waals surface area contributed by atoms with E-state index >= 15 is 0 Å². The van der Waals surface area contributed by atoms with Gasteiger partial charge < -0.3 is 10.1 Å². The van der Waals surface area contributed by atoms with E-state index in [4.69, 9.17) is 16.4 Å². The maximum atomic E-state index is 8.96. The van der Waals surface area contributed by atoms with Crippen LogP contribution < -0.4 is 10.1 Å². The molecule has 0 saturated heterocycles. The molecule has 0 aliphatic heterocycles. The van der Waals surface area contributed by atoms with Gasteiger partial charge in [0.25, 0.3) is 0 Å². The fourth-order valence-corrected chi connectivity index (χ4v) is 1.38. The Labute approximate surface area is 96.0 Å². The van der Waals surface area contributed by atoms with Gasteiger partial charge in [-0.3, -0.25) is 0 Å². The number of rotatable bonds is 5. The lowest BCUT2D eigenvalue weighted by atomic mass is 10.1. The maximum absolute atomic E-state index is 8.96. The van der Waals surface area contributed by atoms with Crippen molar-refractivity contribution in [1.29, 1.82) is 5.26 Å². The lowest BCUT2D eigenvalue weighted by Crippen LogP contribution is -2.04. The van der Waals surface area contributed by atoms with Crippen LogP contribution in [0.4, 0.5) is 5.69 Å². The SMILES string of the molecule is C#CCCCNc1c(C#N)cccc1OC. The standard InChI is InChI=1S/C13H14N2O/c1-3-4-5-9-15-13-11(10-14)7-6-8-12(13)16-2/h1,6-8,15H,4-5,9H2,2H3. The molecule has 0 unspecified atom stereocenters. The minimum atomic E-state index is 0.583. The molecule has 0 saturated carbocycles. The number of hydrogen-bond acceptors (Lipinski definition) is 3. The van der Waals surface area contributed by atoms with Crippen LogP contribution in [0.2, 0.25) is 0 Å². The molecule has 0 fully saturated rings. The molecule has 0 atom stereocenters. The lowest BCUT2D eigenvalue weighted by Gasteiger charge is -2.11. The highest BCUT2D eigenvalue weighted by Gasteiger charge is 2.07. The van der Waals surface area contributed by atoms with Crippen molar-refractivity contribution in [2.45, 2.75) is 12.8 Å². The molecule has 1 aromatic rings. The van der Waals surface area contributed by atoms with E-state index in [1.165, 1.54) is 0 Å². The molecular weight excluding hydrogens is 200 g/mol. The number of ether oxygens (including phenoxy) is 1. The number of hydrogen-bond donors (Lipinski definition) is 1. The number of nitrogens with zero attached hydrogens (tertiary/aromatic N) is 1. The summed E-state index contributed by atoms with van der Waals surface area (Å²) < 4.78 is 5.19. The van der Waals surface area contributed by atoms with Crippen LogP contribution in [0.1, 0.15) is 18.4 Å². The van der Waals surface area contributed by atoms with Crippen LogP contribution in [0, 0.1) is 23.7 Å². The van der Waals surface area contributed by atoms with Gasteiger partial charge in [0, 0.05) is 13.0 Å². The average Bonchev–Trinajstić information content (AvgIpc) is 2.34. The van der Waals surface area contributed by atoms with Crippen molar-refractivity contribution < 1.29 is 4.74 Å². The topological polar surface area (TPSA) is 45.0 Å². The first-order valence-electron chi connectivity index (χ1n) is 5.08. The second kappa shape index (κ2) is 6.37. The fourth-order valence-electron chi connectivity index (χ4n) is 1.38. The van der Waals surface area contributed by atoms with Crippen LogP contribution in [-0.2, 0) is 0 Å². The largest absolute Gasteiger partial charge is 0.495 e. The first-order chi connectivity index (χ1) is 7.83. The Morgan fingerprint density at radius 2 is 2.31 bits per heavy atom. The van der Waals surface area contributed by atoms with Gasteiger partial charge in [-0.25, -0.2) is 0 Å². The Morgan fingerprint density at radius 3 is 2.94 bits per heavy atom. The first kappa shape index (κ1) is 11.9. The third kappa shape index (κ3) is 2.93. The summed E-state index contributed by atoms with van der Waals surface area (Å²) in [6, 6.07) is 7.50. The molecule has 0 aliphatic rings. The van der Waals surface area contributed by atoms with Crippen LogP contribution in [0.15, 0.2) is 18.2 Å². The monoisotopic (exact) mass is 214 g/mol. The molecule has 0 aliphatic carbocycles. The van der Waals surface area contributed by atoms with Gasteiger partial charge in [0.2, 0.25) is 0 Å². The molecule has 1 N–H and O–H groups in total. The second-order valence-electron chi connectivity index (χ2n) is 3.23. The number of unbranched alkanes of at least 4 members (excludes halogenated alkanes) is 1. The van der Waals surface area contributed by atoms with Gasteiger partial charge in [-0.15, -0.1) is 12.3 Å². The highest BCUT2D eigenvalue weighted by molar-refractivity contribution is 5.66. The van der Waals surface area contributed by atoms with E-state index in [0.717, 1.165) is 25.1 Å². The number of anilines is 1. The zero-order chi connectivity index (χ0) is 11.8. The summed E-state index contributed by atoms with van der Waals surface area (Å²) in [6.07, 6.45) is 6.77. The average molecular weight is 214 g/mol. The van der Waals surface area contributed by atoms with E-state index in [1.54, 1.807) is 19.2 Å². The molecule has 3 heteroatoms. The van der Waals surface area contributed by atoms with Crippen molar-refractivity contribution in [3.63, 3.8) is 0 Å². The molecule has 0 bridgehead atoms. The predicted octanol–water partition coefficient (Wildman–Crippen LogP) is 2.39.